The van der Waals surface area contributed by atoms with Crippen molar-refractivity contribution in [3.8, 4) is 0 Å². The molecule has 0 amide bonds. The number of nitrogens with zero attached hydrogens (tertiary/aromatic N) is 2. The SMILES string of the molecule is CN(C)CCON=C[C@H]1CC[C@]2(O)[C@@H]3CC[C@@H]4C[C@@H](O)CC[C@]4(C)[C@H]3CC[C@]12C. The maximum absolute atomic E-state index is 12.1. The molecular formula is C24H42N2O3. The molecule has 29 heavy (non-hydrogen) atoms. The fraction of sp³-hybridized carbons (Fsp3) is 0.958. The van der Waals surface area contributed by atoms with Crippen molar-refractivity contribution in [2.45, 2.75) is 83.3 Å². The standard InChI is InChI=1S/C24H42N2O3/c1-22-10-8-19(27)15-17(22)5-6-21-20(22)9-11-23(2)18(7-12-24(21,23)28)16-25-29-14-13-26(3)4/h16-21,27-28H,5-15H2,1-4H3/t17-,18-,19+,20+,21-,22+,23-,24+/m1/s1. The Morgan fingerprint density at radius 2 is 1.83 bits per heavy atom. The Balaban J connectivity index is 1.49. The lowest BCUT2D eigenvalue weighted by molar-refractivity contribution is -0.206. The van der Waals surface area contributed by atoms with Crippen molar-refractivity contribution >= 4 is 6.21 Å². The fourth-order valence-electron chi connectivity index (χ4n) is 7.88. The van der Waals surface area contributed by atoms with Crippen LogP contribution in [-0.2, 0) is 4.84 Å². The zero-order chi connectivity index (χ0) is 20.9. The highest BCUT2D eigenvalue weighted by atomic mass is 16.6. The number of hydrogen-bond acceptors (Lipinski definition) is 5. The van der Waals surface area contributed by atoms with Crippen molar-refractivity contribution < 1.29 is 15.1 Å². The molecule has 5 heteroatoms. The van der Waals surface area contributed by atoms with Gasteiger partial charge in [0.2, 0.25) is 0 Å². The molecular weight excluding hydrogens is 364 g/mol. The van der Waals surface area contributed by atoms with E-state index in [-0.39, 0.29) is 11.5 Å². The molecule has 4 saturated carbocycles. The Morgan fingerprint density at radius 1 is 1.03 bits per heavy atom. The third-order valence-electron chi connectivity index (χ3n) is 9.84. The van der Waals surface area contributed by atoms with Gasteiger partial charge in [0.05, 0.1) is 11.7 Å². The van der Waals surface area contributed by atoms with Gasteiger partial charge in [-0.15, -0.1) is 0 Å². The number of aliphatic hydroxyl groups is 2. The summed E-state index contributed by atoms with van der Waals surface area (Å²) in [5.74, 6) is 1.92. The molecule has 4 rings (SSSR count). The number of aliphatic hydroxyl groups excluding tert-OH is 1. The Kier molecular flexibility index (Phi) is 5.80. The lowest BCUT2D eigenvalue weighted by atomic mass is 9.43. The molecule has 0 bridgehead atoms. The normalized spacial score (nSPS) is 49.7. The predicted molar refractivity (Wildman–Crippen MR) is 116 cm³/mol. The van der Waals surface area contributed by atoms with Crippen LogP contribution in [0.25, 0.3) is 0 Å². The van der Waals surface area contributed by atoms with E-state index in [9.17, 15) is 10.2 Å². The van der Waals surface area contributed by atoms with E-state index < -0.39 is 5.60 Å². The molecule has 166 valence electrons. The highest BCUT2D eigenvalue weighted by Crippen LogP contribution is 2.68. The minimum atomic E-state index is -0.583. The predicted octanol–water partition coefficient (Wildman–Crippen LogP) is 3.69. The molecule has 0 aromatic carbocycles. The summed E-state index contributed by atoms with van der Waals surface area (Å²) in [6.45, 7) is 6.25. The van der Waals surface area contributed by atoms with Gasteiger partial charge >= 0.3 is 0 Å². The topological polar surface area (TPSA) is 65.3 Å². The van der Waals surface area contributed by atoms with Crippen LogP contribution in [-0.4, -0.2) is 60.3 Å². The molecule has 0 spiro atoms. The van der Waals surface area contributed by atoms with Crippen LogP contribution < -0.4 is 0 Å². The van der Waals surface area contributed by atoms with Gasteiger partial charge in [-0.05, 0) is 95.1 Å². The van der Waals surface area contributed by atoms with Crippen molar-refractivity contribution in [3.63, 3.8) is 0 Å². The average Bonchev–Trinajstić information content (AvgIpc) is 2.93. The largest absolute Gasteiger partial charge is 0.395 e. The molecule has 8 atom stereocenters. The van der Waals surface area contributed by atoms with Crippen molar-refractivity contribution in [2.75, 3.05) is 27.2 Å². The summed E-state index contributed by atoms with van der Waals surface area (Å²) in [5, 5.41) is 26.6. The first kappa shape index (κ1) is 21.6. The molecule has 5 nitrogen and oxygen atoms in total. The molecule has 4 aliphatic carbocycles. The highest BCUT2D eigenvalue weighted by molar-refractivity contribution is 5.63. The van der Waals surface area contributed by atoms with E-state index in [0.717, 1.165) is 51.5 Å². The van der Waals surface area contributed by atoms with Gasteiger partial charge in [0.25, 0.3) is 0 Å². The number of likely N-dealkylation sites (N-methyl/N-ethyl adjacent to an activating group) is 1. The molecule has 4 aliphatic rings. The summed E-state index contributed by atoms with van der Waals surface area (Å²) in [6, 6.07) is 0. The van der Waals surface area contributed by atoms with Crippen molar-refractivity contribution in [2.24, 2.45) is 39.7 Å². The zero-order valence-electron chi connectivity index (χ0n) is 18.9. The monoisotopic (exact) mass is 406 g/mol. The van der Waals surface area contributed by atoms with Crippen LogP contribution in [0.5, 0.6) is 0 Å². The third-order valence-corrected chi connectivity index (χ3v) is 9.84. The van der Waals surface area contributed by atoms with Gasteiger partial charge in [-0.1, -0.05) is 19.0 Å². The second-order valence-electron chi connectivity index (χ2n) is 11.3. The summed E-state index contributed by atoms with van der Waals surface area (Å²) in [5.41, 5.74) is -0.388. The Labute approximate surface area is 176 Å². The van der Waals surface area contributed by atoms with E-state index in [4.69, 9.17) is 4.84 Å². The lowest BCUT2D eigenvalue weighted by Gasteiger charge is -2.63. The highest BCUT2D eigenvalue weighted by Gasteiger charge is 2.66. The second-order valence-corrected chi connectivity index (χ2v) is 11.3. The van der Waals surface area contributed by atoms with E-state index >= 15 is 0 Å². The van der Waals surface area contributed by atoms with Crippen LogP contribution in [0.2, 0.25) is 0 Å². The van der Waals surface area contributed by atoms with E-state index in [1.807, 2.05) is 20.3 Å². The van der Waals surface area contributed by atoms with E-state index in [1.54, 1.807) is 0 Å². The second kappa shape index (κ2) is 7.80. The number of oxime groups is 1. The number of rotatable bonds is 5. The molecule has 0 aromatic rings. The molecule has 0 unspecified atom stereocenters. The van der Waals surface area contributed by atoms with Crippen molar-refractivity contribution in [1.82, 2.24) is 4.90 Å². The first-order chi connectivity index (χ1) is 13.7. The maximum atomic E-state index is 12.1. The van der Waals surface area contributed by atoms with Crippen LogP contribution in [0, 0.1) is 34.5 Å². The smallest absolute Gasteiger partial charge is 0.129 e. The minimum Gasteiger partial charge on any atom is -0.395 e. The summed E-state index contributed by atoms with van der Waals surface area (Å²) in [6.07, 6.45) is 11.4. The fourth-order valence-corrected chi connectivity index (χ4v) is 7.88. The number of hydrogen-bond donors (Lipinski definition) is 2. The first-order valence-corrected chi connectivity index (χ1v) is 11.9. The minimum absolute atomic E-state index is 0.0973. The summed E-state index contributed by atoms with van der Waals surface area (Å²) in [4.78, 5) is 7.58. The molecule has 0 heterocycles. The van der Waals surface area contributed by atoms with Gasteiger partial charge in [-0.25, -0.2) is 0 Å². The molecule has 2 N–H and O–H groups in total. The van der Waals surface area contributed by atoms with E-state index in [1.165, 1.54) is 12.8 Å². The lowest BCUT2D eigenvalue weighted by Crippen LogP contribution is -2.62. The first-order valence-electron chi connectivity index (χ1n) is 11.9. The molecule has 0 radical (unpaired) electrons. The summed E-state index contributed by atoms with van der Waals surface area (Å²) in [7, 11) is 4.07. The van der Waals surface area contributed by atoms with Crippen LogP contribution in [0.15, 0.2) is 5.16 Å². The Morgan fingerprint density at radius 3 is 2.59 bits per heavy atom. The van der Waals surface area contributed by atoms with Crippen molar-refractivity contribution in [1.29, 1.82) is 0 Å². The van der Waals surface area contributed by atoms with Gasteiger partial charge in [0.15, 0.2) is 0 Å². The van der Waals surface area contributed by atoms with Gasteiger partial charge in [-0.2, -0.15) is 0 Å². The summed E-state index contributed by atoms with van der Waals surface area (Å²) < 4.78 is 0. The van der Waals surface area contributed by atoms with Crippen LogP contribution in [0.3, 0.4) is 0 Å². The molecule has 0 aliphatic heterocycles. The van der Waals surface area contributed by atoms with Crippen LogP contribution in [0.4, 0.5) is 0 Å². The number of fused-ring (bicyclic) bond motifs is 5. The maximum Gasteiger partial charge on any atom is 0.129 e. The quantitative estimate of drug-likeness (QED) is 0.415. The Hall–Kier alpha value is -0.650. The van der Waals surface area contributed by atoms with Crippen LogP contribution in [0.1, 0.15) is 71.6 Å². The van der Waals surface area contributed by atoms with Crippen molar-refractivity contribution in [3.05, 3.63) is 0 Å². The molecule has 4 fully saturated rings. The zero-order valence-corrected chi connectivity index (χ0v) is 18.9. The summed E-state index contributed by atoms with van der Waals surface area (Å²) >= 11 is 0. The Bertz CT molecular complexity index is 625. The third kappa shape index (κ3) is 3.45. The van der Waals surface area contributed by atoms with E-state index in [0.29, 0.717) is 35.7 Å². The molecule has 0 aromatic heterocycles. The van der Waals surface area contributed by atoms with Gasteiger partial charge < -0.3 is 20.0 Å². The van der Waals surface area contributed by atoms with Gasteiger partial charge in [0.1, 0.15) is 6.61 Å². The van der Waals surface area contributed by atoms with E-state index in [2.05, 4.69) is 23.9 Å². The van der Waals surface area contributed by atoms with Crippen LogP contribution >= 0.6 is 0 Å². The average molecular weight is 407 g/mol. The molecule has 0 saturated heterocycles. The van der Waals surface area contributed by atoms with Gasteiger partial charge in [-0.3, -0.25) is 0 Å². The van der Waals surface area contributed by atoms with Gasteiger partial charge in [0, 0.05) is 24.1 Å².